The highest BCUT2D eigenvalue weighted by atomic mass is 79.9. The van der Waals surface area contributed by atoms with Crippen molar-refractivity contribution in [2.75, 3.05) is 13.2 Å². The average Bonchev–Trinajstić information content (AvgIpc) is 2.77. The van der Waals surface area contributed by atoms with Gasteiger partial charge in [-0.05, 0) is 69.3 Å². The standard InChI is InChI=1S/C21H17Br2N3O4S/c22-14-6-8-15(9-7-14)29-11-18(27)24-21(31)26-25-19(28)12-30-17-10-5-13-3-1-2-4-16(13)20(17)23/h1-10H,11-12H2,(H,25,28)(H2,24,26,27,31). The molecular formula is C21H17Br2N3O4S. The van der Waals surface area contributed by atoms with Crippen molar-refractivity contribution in [1.29, 1.82) is 0 Å². The number of nitrogens with one attached hydrogen (secondary N) is 3. The fraction of sp³-hybridized carbons (Fsp3) is 0.0952. The third-order valence-corrected chi connectivity index (χ3v) is 5.49. The number of ether oxygens (including phenoxy) is 2. The SMILES string of the molecule is O=C(COc1ccc2ccccc2c1Br)NNC(=S)NC(=O)COc1ccc(Br)cc1. The van der Waals surface area contributed by atoms with Gasteiger partial charge in [0.25, 0.3) is 11.8 Å². The maximum atomic E-state index is 12.0. The number of rotatable bonds is 6. The van der Waals surface area contributed by atoms with Crippen LogP contribution in [0.15, 0.2) is 69.6 Å². The van der Waals surface area contributed by atoms with E-state index in [2.05, 4.69) is 48.0 Å². The number of amides is 2. The summed E-state index contributed by atoms with van der Waals surface area (Å²) in [5.41, 5.74) is 4.81. The van der Waals surface area contributed by atoms with E-state index in [0.717, 1.165) is 19.7 Å². The molecule has 0 atom stereocenters. The summed E-state index contributed by atoms with van der Waals surface area (Å²) in [6, 6.07) is 18.5. The van der Waals surface area contributed by atoms with E-state index in [1.165, 1.54) is 0 Å². The van der Waals surface area contributed by atoms with Crippen LogP contribution in [0.1, 0.15) is 0 Å². The lowest BCUT2D eigenvalue weighted by molar-refractivity contribution is -0.124. The van der Waals surface area contributed by atoms with Gasteiger partial charge in [0.1, 0.15) is 11.5 Å². The van der Waals surface area contributed by atoms with Gasteiger partial charge in [-0.15, -0.1) is 0 Å². The van der Waals surface area contributed by atoms with Crippen molar-refractivity contribution in [2.45, 2.75) is 0 Å². The van der Waals surface area contributed by atoms with Crippen molar-refractivity contribution in [3.8, 4) is 11.5 Å². The molecule has 0 saturated carbocycles. The zero-order valence-electron chi connectivity index (χ0n) is 16.0. The van der Waals surface area contributed by atoms with E-state index in [1.54, 1.807) is 30.3 Å². The largest absolute Gasteiger partial charge is 0.484 e. The van der Waals surface area contributed by atoms with Crippen molar-refractivity contribution in [2.24, 2.45) is 0 Å². The Morgan fingerprint density at radius 3 is 2.32 bits per heavy atom. The predicted molar refractivity (Wildman–Crippen MR) is 129 cm³/mol. The number of carbonyl (C=O) groups excluding carboxylic acids is 2. The highest BCUT2D eigenvalue weighted by Gasteiger charge is 2.10. The summed E-state index contributed by atoms with van der Waals surface area (Å²) in [4.78, 5) is 23.9. The summed E-state index contributed by atoms with van der Waals surface area (Å²) in [5.74, 6) is 0.145. The summed E-state index contributed by atoms with van der Waals surface area (Å²) in [6.07, 6.45) is 0. The zero-order chi connectivity index (χ0) is 22.2. The van der Waals surface area contributed by atoms with Crippen molar-refractivity contribution in [3.05, 3.63) is 69.6 Å². The van der Waals surface area contributed by atoms with E-state index in [4.69, 9.17) is 21.7 Å². The van der Waals surface area contributed by atoms with E-state index in [9.17, 15) is 9.59 Å². The molecule has 0 spiro atoms. The number of halogens is 2. The molecule has 0 unspecified atom stereocenters. The second-order valence-electron chi connectivity index (χ2n) is 6.18. The second kappa shape index (κ2) is 11.1. The Bertz CT molecular complexity index is 1110. The minimum Gasteiger partial charge on any atom is -0.484 e. The summed E-state index contributed by atoms with van der Waals surface area (Å²) < 4.78 is 12.6. The van der Waals surface area contributed by atoms with Gasteiger partial charge in [0, 0.05) is 4.47 Å². The molecule has 3 aromatic carbocycles. The summed E-state index contributed by atoms with van der Waals surface area (Å²) in [5, 5.41) is 4.37. The van der Waals surface area contributed by atoms with Gasteiger partial charge in [-0.25, -0.2) is 0 Å². The minimum atomic E-state index is -0.470. The van der Waals surface area contributed by atoms with E-state index in [0.29, 0.717) is 11.5 Å². The number of hydrogen-bond donors (Lipinski definition) is 3. The first-order chi connectivity index (χ1) is 14.9. The van der Waals surface area contributed by atoms with Gasteiger partial charge in [-0.1, -0.05) is 46.3 Å². The molecule has 0 bridgehead atoms. The fourth-order valence-electron chi connectivity index (χ4n) is 2.50. The average molecular weight is 567 g/mol. The van der Waals surface area contributed by atoms with Crippen molar-refractivity contribution < 1.29 is 19.1 Å². The summed E-state index contributed by atoms with van der Waals surface area (Å²) in [7, 11) is 0. The molecule has 3 rings (SSSR count). The number of hydrogen-bond acceptors (Lipinski definition) is 5. The van der Waals surface area contributed by atoms with Gasteiger partial charge < -0.3 is 9.47 Å². The van der Waals surface area contributed by atoms with Crippen LogP contribution in [0.3, 0.4) is 0 Å². The van der Waals surface area contributed by atoms with Gasteiger partial charge in [-0.3, -0.25) is 25.8 Å². The van der Waals surface area contributed by atoms with Crippen LogP contribution >= 0.6 is 44.1 Å². The first-order valence-corrected chi connectivity index (χ1v) is 11.0. The fourth-order valence-corrected chi connectivity index (χ4v) is 3.54. The molecule has 2 amide bonds. The van der Waals surface area contributed by atoms with Crippen LogP contribution in [-0.4, -0.2) is 30.1 Å². The number of thiocarbonyl (C=S) groups is 1. The molecular weight excluding hydrogens is 550 g/mol. The molecule has 160 valence electrons. The molecule has 3 N–H and O–H groups in total. The van der Waals surface area contributed by atoms with Crippen LogP contribution in [0, 0.1) is 0 Å². The molecule has 0 saturated heterocycles. The van der Waals surface area contributed by atoms with E-state index < -0.39 is 11.8 Å². The number of hydrazine groups is 1. The Morgan fingerprint density at radius 1 is 0.839 bits per heavy atom. The lowest BCUT2D eigenvalue weighted by Gasteiger charge is -2.13. The van der Waals surface area contributed by atoms with Crippen LogP contribution in [0.5, 0.6) is 11.5 Å². The van der Waals surface area contributed by atoms with Crippen molar-refractivity contribution >= 4 is 71.8 Å². The molecule has 3 aromatic rings. The molecule has 7 nitrogen and oxygen atoms in total. The lowest BCUT2D eigenvalue weighted by Crippen LogP contribution is -2.50. The molecule has 0 aliphatic carbocycles. The van der Waals surface area contributed by atoms with Crippen LogP contribution in [0.4, 0.5) is 0 Å². The number of benzene rings is 3. The molecule has 0 heterocycles. The second-order valence-corrected chi connectivity index (χ2v) is 8.30. The van der Waals surface area contributed by atoms with Crippen LogP contribution in [0.2, 0.25) is 0 Å². The Labute approximate surface area is 200 Å². The van der Waals surface area contributed by atoms with E-state index in [-0.39, 0.29) is 18.3 Å². The maximum Gasteiger partial charge on any atom is 0.276 e. The zero-order valence-corrected chi connectivity index (χ0v) is 20.0. The van der Waals surface area contributed by atoms with Crippen LogP contribution < -0.4 is 25.6 Å². The Morgan fingerprint density at radius 2 is 1.55 bits per heavy atom. The Hall–Kier alpha value is -2.69. The minimum absolute atomic E-state index is 0.0651. The third-order valence-electron chi connectivity index (χ3n) is 3.94. The molecule has 31 heavy (non-hydrogen) atoms. The van der Waals surface area contributed by atoms with Crippen molar-refractivity contribution in [3.63, 3.8) is 0 Å². The van der Waals surface area contributed by atoms with Gasteiger partial charge in [-0.2, -0.15) is 0 Å². The van der Waals surface area contributed by atoms with Gasteiger partial charge in [0.2, 0.25) is 0 Å². The summed E-state index contributed by atoms with van der Waals surface area (Å²) in [6.45, 7) is -0.469. The lowest BCUT2D eigenvalue weighted by atomic mass is 10.1. The Balaban J connectivity index is 1.39. The maximum absolute atomic E-state index is 12.0. The van der Waals surface area contributed by atoms with Gasteiger partial charge >= 0.3 is 0 Å². The monoisotopic (exact) mass is 565 g/mol. The van der Waals surface area contributed by atoms with Crippen molar-refractivity contribution in [1.82, 2.24) is 16.2 Å². The summed E-state index contributed by atoms with van der Waals surface area (Å²) >= 11 is 11.8. The molecule has 10 heteroatoms. The normalized spacial score (nSPS) is 10.3. The van der Waals surface area contributed by atoms with Gasteiger partial charge in [0.05, 0.1) is 4.47 Å². The highest BCUT2D eigenvalue weighted by molar-refractivity contribution is 9.11. The predicted octanol–water partition coefficient (Wildman–Crippen LogP) is 3.84. The number of fused-ring (bicyclic) bond motifs is 1. The molecule has 0 aliphatic heterocycles. The molecule has 0 radical (unpaired) electrons. The van der Waals surface area contributed by atoms with Crippen LogP contribution in [0.25, 0.3) is 10.8 Å². The van der Waals surface area contributed by atoms with Gasteiger partial charge in [0.15, 0.2) is 18.3 Å². The quantitative estimate of drug-likeness (QED) is 0.310. The van der Waals surface area contributed by atoms with Crippen LogP contribution in [-0.2, 0) is 9.59 Å². The van der Waals surface area contributed by atoms with E-state index >= 15 is 0 Å². The van der Waals surface area contributed by atoms with E-state index in [1.807, 2.05) is 30.3 Å². The first-order valence-electron chi connectivity index (χ1n) is 8.99. The molecule has 0 aromatic heterocycles. The third kappa shape index (κ3) is 6.91. The Kier molecular flexibility index (Phi) is 8.21. The first kappa shape index (κ1) is 23.0. The molecule has 0 aliphatic rings. The molecule has 0 fully saturated rings. The smallest absolute Gasteiger partial charge is 0.276 e. The highest BCUT2D eigenvalue weighted by Crippen LogP contribution is 2.32. The number of carbonyl (C=O) groups is 2. The topological polar surface area (TPSA) is 88.7 Å².